The van der Waals surface area contributed by atoms with Gasteiger partial charge in [-0.15, -0.1) is 0 Å². The summed E-state index contributed by atoms with van der Waals surface area (Å²) in [6.45, 7) is 17.3. The maximum atomic E-state index is 2.49. The van der Waals surface area contributed by atoms with Crippen LogP contribution >= 0.6 is 0 Å². The zero-order valence-corrected chi connectivity index (χ0v) is 14.3. The summed E-state index contributed by atoms with van der Waals surface area (Å²) in [4.78, 5) is 4.95. The van der Waals surface area contributed by atoms with Crippen LogP contribution in [0.5, 0.6) is 0 Å². The average Bonchev–Trinajstić information content (AvgIpc) is 2.82. The zero-order chi connectivity index (χ0) is 14.6. The van der Waals surface area contributed by atoms with Crippen molar-refractivity contribution in [1.29, 1.82) is 0 Å². The van der Waals surface area contributed by atoms with Crippen LogP contribution in [-0.4, -0.2) is 50.1 Å². The quantitative estimate of drug-likeness (QED) is 0.645. The number of hydrogen-bond donors (Lipinski definition) is 0. The van der Waals surface area contributed by atoms with Gasteiger partial charge in [0.2, 0.25) is 0 Å². The molecule has 2 heteroatoms. The summed E-state index contributed by atoms with van der Waals surface area (Å²) in [6, 6.07) is 0. The van der Waals surface area contributed by atoms with Crippen LogP contribution in [0.1, 0.15) is 60.8 Å². The third kappa shape index (κ3) is 6.75. The number of nitrogens with zero attached hydrogens (tertiary/aromatic N) is 2. The number of rotatable bonds is 0. The summed E-state index contributed by atoms with van der Waals surface area (Å²) in [5, 5.41) is 0. The highest BCUT2D eigenvalue weighted by atomic mass is 15.2. The molecule has 0 amide bonds. The van der Waals surface area contributed by atoms with Gasteiger partial charge in [0, 0.05) is 6.54 Å². The van der Waals surface area contributed by atoms with E-state index in [0.717, 1.165) is 0 Å². The van der Waals surface area contributed by atoms with Crippen LogP contribution in [0.2, 0.25) is 0 Å². The maximum absolute atomic E-state index is 2.49. The molecule has 2 saturated heterocycles. The van der Waals surface area contributed by atoms with Crippen molar-refractivity contribution in [3.63, 3.8) is 0 Å². The Morgan fingerprint density at radius 2 is 0.944 bits per heavy atom. The van der Waals surface area contributed by atoms with Crippen molar-refractivity contribution >= 4 is 0 Å². The second kappa shape index (κ2) is 12.0. The minimum Gasteiger partial charge on any atom is -0.306 e. The molecule has 1 spiro atoms. The Labute approximate surface area is 117 Å². The first-order chi connectivity index (χ1) is 8.70. The van der Waals surface area contributed by atoms with Crippen LogP contribution in [0.4, 0.5) is 0 Å². The molecule has 0 aliphatic carbocycles. The Bertz CT molecular complexity index is 160. The maximum Gasteiger partial charge on any atom is 0.00364 e. The summed E-state index contributed by atoms with van der Waals surface area (Å²) < 4.78 is 0. The third-order valence-corrected chi connectivity index (χ3v) is 3.68. The average molecular weight is 258 g/mol. The summed E-state index contributed by atoms with van der Waals surface area (Å²) in [6.07, 6.45) is 4.29. The predicted octanol–water partition coefficient (Wildman–Crippen LogP) is 4.11. The normalized spacial score (nSPS) is 22.0. The van der Waals surface area contributed by atoms with Crippen LogP contribution < -0.4 is 0 Å². The minimum absolute atomic E-state index is 0.710. The Kier molecular flexibility index (Phi) is 13.5. The van der Waals surface area contributed by atoms with Crippen LogP contribution in [0, 0.1) is 5.41 Å². The van der Waals surface area contributed by atoms with Gasteiger partial charge in [0.25, 0.3) is 0 Å². The zero-order valence-electron chi connectivity index (χ0n) is 14.3. The molecular weight excluding hydrogens is 220 g/mol. The van der Waals surface area contributed by atoms with Crippen LogP contribution in [0.15, 0.2) is 0 Å². The molecule has 2 heterocycles. The first-order valence-corrected chi connectivity index (χ1v) is 8.07. The highest BCUT2D eigenvalue weighted by Gasteiger charge is 2.38. The van der Waals surface area contributed by atoms with Crippen LogP contribution in [-0.2, 0) is 0 Å². The lowest BCUT2D eigenvalue weighted by atomic mass is 9.78. The van der Waals surface area contributed by atoms with E-state index in [2.05, 4.69) is 23.9 Å². The van der Waals surface area contributed by atoms with E-state index in [1.807, 2.05) is 41.5 Å². The number of piperidine rings is 1. The minimum atomic E-state index is 0.710. The fraction of sp³-hybridized carbons (Fsp3) is 1.00. The Balaban J connectivity index is 0. The van der Waals surface area contributed by atoms with E-state index < -0.39 is 0 Å². The van der Waals surface area contributed by atoms with E-state index in [1.54, 1.807) is 0 Å². The van der Waals surface area contributed by atoms with Crippen molar-refractivity contribution in [3.8, 4) is 0 Å². The Morgan fingerprint density at radius 3 is 1.28 bits per heavy atom. The first kappa shape index (κ1) is 20.2. The smallest absolute Gasteiger partial charge is 0.00364 e. The van der Waals surface area contributed by atoms with Gasteiger partial charge in [-0.2, -0.15) is 0 Å². The Morgan fingerprint density at radius 1 is 0.611 bits per heavy atom. The highest BCUT2D eigenvalue weighted by Crippen LogP contribution is 2.39. The van der Waals surface area contributed by atoms with Gasteiger partial charge < -0.3 is 9.80 Å². The third-order valence-electron chi connectivity index (χ3n) is 3.68. The highest BCUT2D eigenvalue weighted by molar-refractivity contribution is 4.92. The van der Waals surface area contributed by atoms with Crippen molar-refractivity contribution in [3.05, 3.63) is 0 Å². The molecule has 2 aliphatic heterocycles. The van der Waals surface area contributed by atoms with Gasteiger partial charge in [-0.05, 0) is 58.4 Å². The van der Waals surface area contributed by atoms with E-state index in [0.29, 0.717) is 5.41 Å². The molecule has 0 aromatic carbocycles. The fourth-order valence-corrected chi connectivity index (χ4v) is 2.66. The summed E-state index contributed by atoms with van der Waals surface area (Å²) in [7, 11) is 4.50. The summed E-state index contributed by atoms with van der Waals surface area (Å²) in [5.74, 6) is 0. The number of hydrogen-bond acceptors (Lipinski definition) is 2. The molecule has 18 heavy (non-hydrogen) atoms. The van der Waals surface area contributed by atoms with E-state index in [-0.39, 0.29) is 0 Å². The summed E-state index contributed by atoms with van der Waals surface area (Å²) in [5.41, 5.74) is 0.710. The molecule has 0 saturated carbocycles. The van der Waals surface area contributed by atoms with Gasteiger partial charge in [0.05, 0.1) is 0 Å². The molecule has 0 N–H and O–H groups in total. The molecule has 2 rings (SSSR count). The van der Waals surface area contributed by atoms with Gasteiger partial charge in [0.15, 0.2) is 0 Å². The van der Waals surface area contributed by atoms with E-state index >= 15 is 0 Å². The molecule has 2 nitrogen and oxygen atoms in total. The molecule has 2 fully saturated rings. The molecule has 0 aromatic heterocycles. The lowest BCUT2D eigenvalue weighted by Crippen LogP contribution is -2.39. The van der Waals surface area contributed by atoms with E-state index in [4.69, 9.17) is 0 Å². The number of likely N-dealkylation sites (tertiary alicyclic amines) is 2. The molecule has 0 aromatic rings. The van der Waals surface area contributed by atoms with E-state index in [1.165, 1.54) is 45.4 Å². The monoisotopic (exact) mass is 258 g/mol. The topological polar surface area (TPSA) is 6.48 Å². The SMILES string of the molecule is CC.CC.CC.CN1CCC2(CC1)CCN(C)C2. The van der Waals surface area contributed by atoms with Crippen LogP contribution in [0.3, 0.4) is 0 Å². The van der Waals surface area contributed by atoms with Crippen molar-refractivity contribution in [2.75, 3.05) is 40.3 Å². The van der Waals surface area contributed by atoms with Gasteiger partial charge in [0.1, 0.15) is 0 Å². The largest absolute Gasteiger partial charge is 0.306 e. The first-order valence-electron chi connectivity index (χ1n) is 8.07. The second-order valence-electron chi connectivity index (χ2n) is 4.79. The van der Waals surface area contributed by atoms with E-state index in [9.17, 15) is 0 Å². The van der Waals surface area contributed by atoms with Gasteiger partial charge in [-0.1, -0.05) is 41.5 Å². The van der Waals surface area contributed by atoms with Gasteiger partial charge in [-0.3, -0.25) is 0 Å². The molecule has 2 aliphatic rings. The molecule has 0 radical (unpaired) electrons. The molecule has 112 valence electrons. The second-order valence-corrected chi connectivity index (χ2v) is 4.79. The lowest BCUT2D eigenvalue weighted by Gasteiger charge is -2.37. The Hall–Kier alpha value is -0.0800. The molecule has 0 atom stereocenters. The van der Waals surface area contributed by atoms with Crippen molar-refractivity contribution in [1.82, 2.24) is 9.80 Å². The summed E-state index contributed by atoms with van der Waals surface area (Å²) >= 11 is 0. The van der Waals surface area contributed by atoms with Gasteiger partial charge in [-0.25, -0.2) is 0 Å². The molecule has 0 unspecified atom stereocenters. The van der Waals surface area contributed by atoms with Crippen molar-refractivity contribution in [2.24, 2.45) is 5.41 Å². The fourth-order valence-electron chi connectivity index (χ4n) is 2.66. The molecular formula is C16H38N2. The molecule has 0 bridgehead atoms. The van der Waals surface area contributed by atoms with Crippen LogP contribution in [0.25, 0.3) is 0 Å². The van der Waals surface area contributed by atoms with Crippen molar-refractivity contribution < 1.29 is 0 Å². The standard InChI is InChI=1S/C10H20N2.3C2H6/c1-11-6-3-10(4-7-11)5-8-12(2)9-10;3*1-2/h3-9H2,1-2H3;3*1-2H3. The van der Waals surface area contributed by atoms with Gasteiger partial charge >= 0.3 is 0 Å². The lowest BCUT2D eigenvalue weighted by molar-refractivity contribution is 0.130. The predicted molar refractivity (Wildman–Crippen MR) is 85.3 cm³/mol. The van der Waals surface area contributed by atoms with Crippen molar-refractivity contribution in [2.45, 2.75) is 60.8 Å².